The van der Waals surface area contributed by atoms with Crippen molar-refractivity contribution in [3.05, 3.63) is 0 Å². The van der Waals surface area contributed by atoms with Crippen molar-refractivity contribution in [1.29, 1.82) is 0 Å². The van der Waals surface area contributed by atoms with E-state index in [4.69, 9.17) is 0 Å². The summed E-state index contributed by atoms with van der Waals surface area (Å²) in [4.78, 5) is 9.88. The van der Waals surface area contributed by atoms with Crippen LogP contribution in [0.4, 0.5) is 0 Å². The third-order valence-corrected chi connectivity index (χ3v) is 3.80. The van der Waals surface area contributed by atoms with Gasteiger partial charge in [0.1, 0.15) is 0 Å². The van der Waals surface area contributed by atoms with E-state index in [1.165, 1.54) is 13.2 Å². The molecule has 0 heterocycles. The molecule has 0 fully saturated rings. The highest BCUT2D eigenvalue weighted by Gasteiger charge is 2.37. The lowest BCUT2D eigenvalue weighted by molar-refractivity contribution is 0.371. The predicted octanol–water partition coefficient (Wildman–Crippen LogP) is 1.96. The van der Waals surface area contributed by atoms with Gasteiger partial charge in [-0.25, -0.2) is 4.79 Å². The third kappa shape index (κ3) is 2.26. The van der Waals surface area contributed by atoms with Crippen molar-refractivity contribution in [2.45, 2.75) is 25.9 Å². The standard InChI is InChI=1S/C6H12NO3P/c1-6(2,3)11(9,10-4)7-5-8/h1-4H3. The van der Waals surface area contributed by atoms with Crippen LogP contribution in [0.25, 0.3) is 0 Å². The van der Waals surface area contributed by atoms with Crippen molar-refractivity contribution in [3.8, 4) is 0 Å². The van der Waals surface area contributed by atoms with Crippen LogP contribution in [0.2, 0.25) is 0 Å². The normalized spacial score (nSPS) is 16.7. The van der Waals surface area contributed by atoms with Crippen LogP contribution in [0.3, 0.4) is 0 Å². The zero-order valence-electron chi connectivity index (χ0n) is 7.12. The number of carbonyl (C=O) groups excluding carboxylic acids is 1. The molecule has 0 aliphatic carbocycles. The second-order valence-electron chi connectivity index (χ2n) is 3.07. The van der Waals surface area contributed by atoms with Gasteiger partial charge in [0.15, 0.2) is 0 Å². The van der Waals surface area contributed by atoms with Gasteiger partial charge in [-0.1, -0.05) is 0 Å². The lowest BCUT2D eigenvalue weighted by Crippen LogP contribution is -2.14. The van der Waals surface area contributed by atoms with E-state index < -0.39 is 12.7 Å². The Morgan fingerprint density at radius 3 is 2.00 bits per heavy atom. The Morgan fingerprint density at radius 1 is 1.45 bits per heavy atom. The molecule has 0 aromatic rings. The molecule has 0 rings (SSSR count). The molecule has 0 bridgehead atoms. The zero-order valence-corrected chi connectivity index (χ0v) is 8.01. The van der Waals surface area contributed by atoms with Crippen molar-refractivity contribution in [1.82, 2.24) is 0 Å². The first-order valence-electron chi connectivity index (χ1n) is 3.12. The van der Waals surface area contributed by atoms with Crippen LogP contribution < -0.4 is 0 Å². The lowest BCUT2D eigenvalue weighted by Gasteiger charge is -2.23. The van der Waals surface area contributed by atoms with E-state index in [1.54, 1.807) is 20.8 Å². The molecule has 1 unspecified atom stereocenters. The minimum atomic E-state index is -3.18. The van der Waals surface area contributed by atoms with E-state index in [0.29, 0.717) is 0 Å². The number of isocyanates is 1. The smallest absolute Gasteiger partial charge is 0.315 e. The Bertz CT molecular complexity index is 224. The van der Waals surface area contributed by atoms with Crippen LogP contribution >= 0.6 is 7.52 Å². The maximum atomic E-state index is 11.6. The van der Waals surface area contributed by atoms with Gasteiger partial charge in [0, 0.05) is 7.11 Å². The lowest BCUT2D eigenvalue weighted by atomic mass is 10.3. The molecule has 0 aliphatic heterocycles. The summed E-state index contributed by atoms with van der Waals surface area (Å²) in [6, 6.07) is 0. The Balaban J connectivity index is 4.92. The third-order valence-electron chi connectivity index (χ3n) is 1.27. The zero-order chi connectivity index (χ0) is 9.12. The molecule has 0 spiro atoms. The van der Waals surface area contributed by atoms with Gasteiger partial charge in [0.05, 0.1) is 5.16 Å². The second kappa shape index (κ2) is 3.31. The summed E-state index contributed by atoms with van der Waals surface area (Å²) >= 11 is 0. The van der Waals surface area contributed by atoms with Crippen LogP contribution in [-0.2, 0) is 13.9 Å². The molecule has 64 valence electrons. The van der Waals surface area contributed by atoms with Gasteiger partial charge in [0.2, 0.25) is 6.08 Å². The largest absolute Gasteiger partial charge is 0.329 e. The average molecular weight is 177 g/mol. The summed E-state index contributed by atoms with van der Waals surface area (Å²) in [6.45, 7) is 5.08. The molecule has 1 atom stereocenters. The molecule has 4 nitrogen and oxygen atoms in total. The van der Waals surface area contributed by atoms with Crippen LogP contribution in [-0.4, -0.2) is 18.3 Å². The summed E-state index contributed by atoms with van der Waals surface area (Å²) in [5.41, 5.74) is 0. The fourth-order valence-electron chi connectivity index (χ4n) is 0.518. The summed E-state index contributed by atoms with van der Waals surface area (Å²) in [5, 5.41) is -0.640. The predicted molar refractivity (Wildman–Crippen MR) is 42.5 cm³/mol. The van der Waals surface area contributed by atoms with E-state index in [9.17, 15) is 9.36 Å². The summed E-state index contributed by atoms with van der Waals surface area (Å²) in [6.07, 6.45) is 1.25. The minimum Gasteiger partial charge on any atom is -0.315 e. The Hall–Kier alpha value is -0.430. The Kier molecular flexibility index (Phi) is 3.18. The highest BCUT2D eigenvalue weighted by Crippen LogP contribution is 2.58. The van der Waals surface area contributed by atoms with E-state index >= 15 is 0 Å². The van der Waals surface area contributed by atoms with Gasteiger partial charge in [-0.05, 0) is 20.8 Å². The minimum absolute atomic E-state index is 0.640. The van der Waals surface area contributed by atoms with Gasteiger partial charge in [-0.3, -0.25) is 4.57 Å². The van der Waals surface area contributed by atoms with Gasteiger partial charge in [-0.2, -0.15) is 0 Å². The van der Waals surface area contributed by atoms with E-state index in [-0.39, 0.29) is 0 Å². The number of hydrogen-bond donors (Lipinski definition) is 0. The molecule has 0 saturated heterocycles. The van der Waals surface area contributed by atoms with Crippen LogP contribution in [0.1, 0.15) is 20.8 Å². The van der Waals surface area contributed by atoms with Crippen LogP contribution in [0.5, 0.6) is 0 Å². The van der Waals surface area contributed by atoms with E-state index in [1.807, 2.05) is 0 Å². The number of rotatable bonds is 2. The summed E-state index contributed by atoms with van der Waals surface area (Å²) in [5.74, 6) is 0. The molecule has 5 heteroatoms. The average Bonchev–Trinajstić information content (AvgIpc) is 1.86. The highest BCUT2D eigenvalue weighted by molar-refractivity contribution is 7.59. The molecule has 0 radical (unpaired) electrons. The fraction of sp³-hybridized carbons (Fsp3) is 0.833. The second-order valence-corrected chi connectivity index (χ2v) is 6.01. The Labute approximate surface area is 66.2 Å². The molecule has 0 saturated carbocycles. The van der Waals surface area contributed by atoms with Crippen molar-refractivity contribution < 1.29 is 13.9 Å². The molecule has 11 heavy (non-hydrogen) atoms. The van der Waals surface area contributed by atoms with Gasteiger partial charge in [0.25, 0.3) is 0 Å². The maximum absolute atomic E-state index is 11.6. The highest BCUT2D eigenvalue weighted by atomic mass is 31.2. The van der Waals surface area contributed by atoms with Crippen LogP contribution in [0.15, 0.2) is 4.76 Å². The quantitative estimate of drug-likeness (QED) is 0.368. The van der Waals surface area contributed by atoms with Gasteiger partial charge >= 0.3 is 7.52 Å². The number of hydrogen-bond acceptors (Lipinski definition) is 3. The van der Waals surface area contributed by atoms with Crippen molar-refractivity contribution in [2.75, 3.05) is 7.11 Å². The Morgan fingerprint density at radius 2 is 1.91 bits per heavy atom. The first-order chi connectivity index (χ1) is 4.87. The molecular weight excluding hydrogens is 165 g/mol. The van der Waals surface area contributed by atoms with E-state index in [2.05, 4.69) is 9.29 Å². The van der Waals surface area contributed by atoms with Crippen molar-refractivity contribution in [3.63, 3.8) is 0 Å². The van der Waals surface area contributed by atoms with Crippen molar-refractivity contribution in [2.24, 2.45) is 4.76 Å². The fourth-order valence-corrected chi connectivity index (χ4v) is 1.56. The molecule has 0 amide bonds. The first kappa shape index (κ1) is 10.6. The maximum Gasteiger partial charge on any atom is 0.329 e. The van der Waals surface area contributed by atoms with Gasteiger partial charge < -0.3 is 4.52 Å². The first-order valence-corrected chi connectivity index (χ1v) is 4.70. The monoisotopic (exact) mass is 177 g/mol. The van der Waals surface area contributed by atoms with Gasteiger partial charge in [-0.15, -0.1) is 4.76 Å². The molecule has 0 N–H and O–H groups in total. The van der Waals surface area contributed by atoms with Crippen LogP contribution in [0, 0.1) is 0 Å². The molecule has 0 aromatic carbocycles. The molecule has 0 aliphatic rings. The SMILES string of the molecule is COP(=O)(N=C=O)C(C)(C)C. The molecular formula is C6H12NO3P. The van der Waals surface area contributed by atoms with E-state index in [0.717, 1.165) is 0 Å². The van der Waals surface area contributed by atoms with Crippen molar-refractivity contribution >= 4 is 13.6 Å². The topological polar surface area (TPSA) is 55.7 Å². The summed E-state index contributed by atoms with van der Waals surface area (Å²) in [7, 11) is -1.91. The number of nitrogens with zero attached hydrogens (tertiary/aromatic N) is 1. The summed E-state index contributed by atoms with van der Waals surface area (Å²) < 4.78 is 19.4. The molecule has 0 aromatic heterocycles.